The van der Waals surface area contributed by atoms with Crippen molar-refractivity contribution in [3.05, 3.63) is 23.2 Å². The highest BCUT2D eigenvalue weighted by atomic mass is 35.5. The zero-order valence-electron chi connectivity index (χ0n) is 12.8. The van der Waals surface area contributed by atoms with Crippen molar-refractivity contribution in [3.8, 4) is 0 Å². The molecule has 0 heterocycles. The zero-order valence-corrected chi connectivity index (χ0v) is 13.6. The van der Waals surface area contributed by atoms with Crippen LogP contribution in [0.4, 0.5) is 11.4 Å². The van der Waals surface area contributed by atoms with Crippen LogP contribution < -0.4 is 16.0 Å². The molecule has 0 radical (unpaired) electrons. The number of benzene rings is 1. The Morgan fingerprint density at radius 2 is 1.81 bits per heavy atom. The molecular weight excluding hydrogens is 290 g/mol. The maximum Gasteiger partial charge on any atom is 0.238 e. The van der Waals surface area contributed by atoms with E-state index in [0.717, 1.165) is 0 Å². The lowest BCUT2D eigenvalue weighted by molar-refractivity contribution is -0.116. The summed E-state index contributed by atoms with van der Waals surface area (Å²) < 4.78 is 0. The Balaban J connectivity index is 2.71. The van der Waals surface area contributed by atoms with Crippen molar-refractivity contribution in [2.75, 3.05) is 17.2 Å². The van der Waals surface area contributed by atoms with Crippen LogP contribution in [-0.4, -0.2) is 23.9 Å². The molecule has 0 unspecified atom stereocenters. The zero-order chi connectivity index (χ0) is 16.0. The minimum atomic E-state index is -0.189. The van der Waals surface area contributed by atoms with Crippen LogP contribution >= 0.6 is 11.6 Å². The van der Waals surface area contributed by atoms with Gasteiger partial charge in [0.1, 0.15) is 0 Å². The van der Waals surface area contributed by atoms with Gasteiger partial charge < -0.3 is 16.0 Å². The van der Waals surface area contributed by atoms with E-state index in [4.69, 9.17) is 11.6 Å². The van der Waals surface area contributed by atoms with E-state index >= 15 is 0 Å². The third kappa shape index (κ3) is 6.60. The van der Waals surface area contributed by atoms with Crippen molar-refractivity contribution in [2.45, 2.75) is 39.7 Å². The van der Waals surface area contributed by atoms with Crippen LogP contribution in [0.2, 0.25) is 5.02 Å². The van der Waals surface area contributed by atoms with Crippen molar-refractivity contribution in [1.29, 1.82) is 0 Å². The molecule has 0 spiro atoms. The SMILES string of the molecule is CCC(=O)Nc1ccc(Cl)c(NC(=O)CNC(C)(C)C)c1. The molecule has 1 aromatic rings. The van der Waals surface area contributed by atoms with E-state index in [-0.39, 0.29) is 23.9 Å². The van der Waals surface area contributed by atoms with Gasteiger partial charge in [-0.2, -0.15) is 0 Å². The molecule has 0 aliphatic rings. The number of hydrogen-bond donors (Lipinski definition) is 3. The fourth-order valence-electron chi connectivity index (χ4n) is 1.49. The van der Waals surface area contributed by atoms with E-state index in [9.17, 15) is 9.59 Å². The van der Waals surface area contributed by atoms with E-state index in [2.05, 4.69) is 16.0 Å². The fourth-order valence-corrected chi connectivity index (χ4v) is 1.65. The first-order chi connectivity index (χ1) is 9.71. The Hall–Kier alpha value is -1.59. The van der Waals surface area contributed by atoms with Gasteiger partial charge in [-0.25, -0.2) is 0 Å². The van der Waals surface area contributed by atoms with E-state index in [0.29, 0.717) is 22.8 Å². The predicted octanol–water partition coefficient (Wildman–Crippen LogP) is 3.02. The molecule has 0 saturated carbocycles. The van der Waals surface area contributed by atoms with Crippen LogP contribution in [0.25, 0.3) is 0 Å². The summed E-state index contributed by atoms with van der Waals surface area (Å²) in [4.78, 5) is 23.3. The monoisotopic (exact) mass is 311 g/mol. The summed E-state index contributed by atoms with van der Waals surface area (Å²) in [5, 5.41) is 8.97. The number of anilines is 2. The van der Waals surface area contributed by atoms with Gasteiger partial charge >= 0.3 is 0 Å². The second kappa shape index (κ2) is 7.43. The van der Waals surface area contributed by atoms with Gasteiger partial charge in [-0.3, -0.25) is 9.59 Å². The second-order valence-electron chi connectivity index (χ2n) is 5.75. The summed E-state index contributed by atoms with van der Waals surface area (Å²) >= 11 is 6.05. The molecule has 2 amide bonds. The highest BCUT2D eigenvalue weighted by Crippen LogP contribution is 2.25. The normalized spacial score (nSPS) is 11.1. The summed E-state index contributed by atoms with van der Waals surface area (Å²) in [5.74, 6) is -0.283. The van der Waals surface area contributed by atoms with E-state index in [1.165, 1.54) is 0 Å². The average molecular weight is 312 g/mol. The van der Waals surface area contributed by atoms with Crippen LogP contribution in [0.15, 0.2) is 18.2 Å². The molecule has 5 nitrogen and oxygen atoms in total. The number of carbonyl (C=O) groups is 2. The molecule has 6 heteroatoms. The highest BCUT2D eigenvalue weighted by molar-refractivity contribution is 6.33. The second-order valence-corrected chi connectivity index (χ2v) is 6.16. The molecule has 0 bridgehead atoms. The molecular formula is C15H22ClN3O2. The summed E-state index contributed by atoms with van der Waals surface area (Å²) in [6, 6.07) is 4.98. The van der Waals surface area contributed by atoms with Crippen molar-refractivity contribution < 1.29 is 9.59 Å². The van der Waals surface area contributed by atoms with Crippen LogP contribution in [0.1, 0.15) is 34.1 Å². The molecule has 0 saturated heterocycles. The molecule has 1 rings (SSSR count). The molecule has 0 aliphatic carbocycles. The standard InChI is InChI=1S/C15H22ClN3O2/c1-5-13(20)18-10-6-7-11(16)12(8-10)19-14(21)9-17-15(2,3)4/h6-8,17H,5,9H2,1-4H3,(H,18,20)(H,19,21). The first-order valence-electron chi connectivity index (χ1n) is 6.85. The number of halogens is 1. The van der Waals surface area contributed by atoms with Crippen molar-refractivity contribution in [3.63, 3.8) is 0 Å². The first kappa shape index (κ1) is 17.5. The highest BCUT2D eigenvalue weighted by Gasteiger charge is 2.12. The average Bonchev–Trinajstić information content (AvgIpc) is 2.39. The Labute approximate surface area is 130 Å². The van der Waals surface area contributed by atoms with E-state index in [1.807, 2.05) is 20.8 Å². The van der Waals surface area contributed by atoms with Gasteiger partial charge in [0.15, 0.2) is 0 Å². The van der Waals surface area contributed by atoms with Crippen molar-refractivity contribution in [2.24, 2.45) is 0 Å². The molecule has 0 atom stereocenters. The van der Waals surface area contributed by atoms with Gasteiger partial charge in [0.25, 0.3) is 0 Å². The number of amides is 2. The van der Waals surface area contributed by atoms with Crippen LogP contribution in [0.3, 0.4) is 0 Å². The van der Waals surface area contributed by atoms with Crippen molar-refractivity contribution in [1.82, 2.24) is 5.32 Å². The summed E-state index contributed by atoms with van der Waals surface area (Å²) in [5.41, 5.74) is 0.939. The molecule has 0 aliphatic heterocycles. The topological polar surface area (TPSA) is 70.2 Å². The van der Waals surface area contributed by atoms with E-state index < -0.39 is 0 Å². The molecule has 1 aromatic carbocycles. The number of hydrogen-bond acceptors (Lipinski definition) is 3. The molecule has 0 fully saturated rings. The predicted molar refractivity (Wildman–Crippen MR) is 86.8 cm³/mol. The third-order valence-corrected chi connectivity index (χ3v) is 2.95. The Morgan fingerprint density at radius 1 is 1.14 bits per heavy atom. The lowest BCUT2D eigenvalue weighted by atomic mass is 10.1. The van der Waals surface area contributed by atoms with Crippen LogP contribution in [-0.2, 0) is 9.59 Å². The summed E-state index contributed by atoms with van der Waals surface area (Å²) in [6.45, 7) is 7.90. The fraction of sp³-hybridized carbons (Fsp3) is 0.467. The Bertz CT molecular complexity index is 524. The lowest BCUT2D eigenvalue weighted by Crippen LogP contribution is -2.41. The van der Waals surface area contributed by atoms with Crippen molar-refractivity contribution >= 4 is 34.8 Å². The van der Waals surface area contributed by atoms with E-state index in [1.54, 1.807) is 25.1 Å². The molecule has 0 aromatic heterocycles. The van der Waals surface area contributed by atoms with Gasteiger partial charge in [0.2, 0.25) is 11.8 Å². The summed E-state index contributed by atoms with van der Waals surface area (Å²) in [6.07, 6.45) is 0.389. The van der Waals surface area contributed by atoms with Gasteiger partial charge in [-0.15, -0.1) is 0 Å². The Morgan fingerprint density at radius 3 is 2.38 bits per heavy atom. The van der Waals surface area contributed by atoms with Gasteiger partial charge in [-0.1, -0.05) is 18.5 Å². The quantitative estimate of drug-likeness (QED) is 0.783. The lowest BCUT2D eigenvalue weighted by Gasteiger charge is -2.20. The summed E-state index contributed by atoms with van der Waals surface area (Å²) in [7, 11) is 0. The number of rotatable bonds is 5. The maximum atomic E-state index is 11.9. The minimum Gasteiger partial charge on any atom is -0.326 e. The Kier molecular flexibility index (Phi) is 6.18. The van der Waals surface area contributed by atoms with Crippen LogP contribution in [0.5, 0.6) is 0 Å². The van der Waals surface area contributed by atoms with Gasteiger partial charge in [0.05, 0.1) is 17.3 Å². The van der Waals surface area contributed by atoms with Gasteiger partial charge in [-0.05, 0) is 39.0 Å². The molecule has 3 N–H and O–H groups in total. The maximum absolute atomic E-state index is 11.9. The van der Waals surface area contributed by atoms with Gasteiger partial charge in [0, 0.05) is 17.6 Å². The smallest absolute Gasteiger partial charge is 0.238 e. The number of carbonyl (C=O) groups excluding carboxylic acids is 2. The first-order valence-corrected chi connectivity index (χ1v) is 7.23. The molecule has 21 heavy (non-hydrogen) atoms. The molecule has 116 valence electrons. The largest absolute Gasteiger partial charge is 0.326 e. The minimum absolute atomic E-state index is 0.0935. The van der Waals surface area contributed by atoms with Crippen LogP contribution in [0, 0.1) is 0 Å². The number of nitrogens with one attached hydrogen (secondary N) is 3. The third-order valence-electron chi connectivity index (χ3n) is 2.62.